The highest BCUT2D eigenvalue weighted by molar-refractivity contribution is 5.92. The molecule has 0 bridgehead atoms. The molecule has 2 aliphatic rings. The van der Waals surface area contributed by atoms with E-state index in [1.54, 1.807) is 0 Å². The standard InChI is InChI=1S/C27H35N3O5/c31-22(16-28-17-25-3-1-13-33-25)15-20-5-9-23(10-6-20)35-24-11-7-21(8-12-24)30-27(32)19-29-18-26-4-2-14-34-26/h5-12,25-26,28-29H,1-4,13-19H2,(H,30,32)/t25-,26-/m0/s1. The summed E-state index contributed by atoms with van der Waals surface area (Å²) in [5.74, 6) is 1.41. The first kappa shape index (κ1) is 25.3. The van der Waals surface area contributed by atoms with Crippen molar-refractivity contribution in [1.29, 1.82) is 0 Å². The SMILES string of the molecule is O=C(CNC[C@@H]1CCCO1)Cc1ccc(Oc2ccc(NC(=O)CNC[C@@H]3CCCO3)cc2)cc1. The Morgan fingerprint density at radius 3 is 1.94 bits per heavy atom. The minimum absolute atomic E-state index is 0.0936. The van der Waals surface area contributed by atoms with Crippen molar-refractivity contribution < 1.29 is 23.8 Å². The van der Waals surface area contributed by atoms with Crippen molar-refractivity contribution in [3.05, 3.63) is 54.1 Å². The first-order chi connectivity index (χ1) is 17.1. The van der Waals surface area contributed by atoms with E-state index in [1.807, 2.05) is 48.5 Å². The number of nitrogens with one attached hydrogen (secondary N) is 3. The molecule has 0 aliphatic carbocycles. The molecule has 188 valence electrons. The summed E-state index contributed by atoms with van der Waals surface area (Å²) in [7, 11) is 0. The molecule has 2 saturated heterocycles. The van der Waals surface area contributed by atoms with E-state index >= 15 is 0 Å². The largest absolute Gasteiger partial charge is 0.457 e. The second-order valence-electron chi connectivity index (χ2n) is 9.07. The predicted octanol–water partition coefficient (Wildman–Crippen LogP) is 3.07. The van der Waals surface area contributed by atoms with Crippen LogP contribution in [0, 0.1) is 0 Å². The van der Waals surface area contributed by atoms with Gasteiger partial charge in [0.15, 0.2) is 5.78 Å². The van der Waals surface area contributed by atoms with E-state index in [-0.39, 0.29) is 30.4 Å². The molecule has 2 aromatic rings. The molecular formula is C27H35N3O5. The molecule has 4 rings (SSSR count). The van der Waals surface area contributed by atoms with Gasteiger partial charge in [-0.25, -0.2) is 0 Å². The Morgan fingerprint density at radius 2 is 1.37 bits per heavy atom. The molecule has 3 N–H and O–H groups in total. The summed E-state index contributed by atoms with van der Waals surface area (Å²) in [5.41, 5.74) is 1.66. The van der Waals surface area contributed by atoms with Crippen molar-refractivity contribution in [3.8, 4) is 11.5 Å². The molecule has 0 saturated carbocycles. The number of carbonyl (C=O) groups excluding carboxylic acids is 2. The lowest BCUT2D eigenvalue weighted by Crippen LogP contribution is -2.33. The van der Waals surface area contributed by atoms with Crippen molar-refractivity contribution in [2.45, 2.75) is 44.3 Å². The molecule has 8 nitrogen and oxygen atoms in total. The average Bonchev–Trinajstić information content (AvgIpc) is 3.56. The van der Waals surface area contributed by atoms with Gasteiger partial charge in [0.2, 0.25) is 5.91 Å². The fourth-order valence-corrected chi connectivity index (χ4v) is 4.24. The highest BCUT2D eigenvalue weighted by Crippen LogP contribution is 2.23. The Hall–Kier alpha value is -2.78. The van der Waals surface area contributed by atoms with Gasteiger partial charge in [-0.1, -0.05) is 12.1 Å². The van der Waals surface area contributed by atoms with E-state index < -0.39 is 0 Å². The summed E-state index contributed by atoms with van der Waals surface area (Å²) in [6.45, 7) is 3.66. The average molecular weight is 482 g/mol. The number of hydrogen-bond donors (Lipinski definition) is 3. The monoisotopic (exact) mass is 481 g/mol. The Balaban J connectivity index is 1.15. The van der Waals surface area contributed by atoms with Crippen LogP contribution in [-0.2, 0) is 25.5 Å². The van der Waals surface area contributed by atoms with E-state index in [0.29, 0.717) is 36.7 Å². The quantitative estimate of drug-likeness (QED) is 0.405. The van der Waals surface area contributed by atoms with Crippen molar-refractivity contribution >= 4 is 17.4 Å². The van der Waals surface area contributed by atoms with Gasteiger partial charge in [0, 0.05) is 38.4 Å². The Labute approximate surface area is 206 Å². The summed E-state index contributed by atoms with van der Waals surface area (Å²) in [6.07, 6.45) is 5.14. The number of rotatable bonds is 13. The van der Waals surface area contributed by atoms with E-state index in [2.05, 4.69) is 16.0 Å². The smallest absolute Gasteiger partial charge is 0.238 e. The molecule has 2 fully saturated rings. The zero-order valence-corrected chi connectivity index (χ0v) is 20.1. The minimum atomic E-state index is -0.0936. The number of ketones is 1. The van der Waals surface area contributed by atoms with Crippen LogP contribution in [0.4, 0.5) is 5.69 Å². The fourth-order valence-electron chi connectivity index (χ4n) is 4.24. The third kappa shape index (κ3) is 8.74. The van der Waals surface area contributed by atoms with Gasteiger partial charge < -0.3 is 30.2 Å². The summed E-state index contributed by atoms with van der Waals surface area (Å²) in [6, 6.07) is 14.8. The predicted molar refractivity (Wildman–Crippen MR) is 134 cm³/mol. The normalized spacial score (nSPS) is 19.5. The molecular weight excluding hydrogens is 446 g/mol. The van der Waals surface area contributed by atoms with Gasteiger partial charge in [-0.05, 0) is 67.6 Å². The number of anilines is 1. The zero-order chi connectivity index (χ0) is 24.3. The second kappa shape index (κ2) is 13.3. The van der Waals surface area contributed by atoms with Crippen LogP contribution >= 0.6 is 0 Å². The van der Waals surface area contributed by atoms with Crippen LogP contribution in [0.2, 0.25) is 0 Å². The molecule has 2 aliphatic heterocycles. The van der Waals surface area contributed by atoms with Crippen molar-refractivity contribution in [2.24, 2.45) is 0 Å². The minimum Gasteiger partial charge on any atom is -0.457 e. The van der Waals surface area contributed by atoms with Crippen LogP contribution < -0.4 is 20.7 Å². The van der Waals surface area contributed by atoms with Crippen LogP contribution in [0.15, 0.2) is 48.5 Å². The van der Waals surface area contributed by atoms with Crippen LogP contribution in [-0.4, -0.2) is 63.3 Å². The summed E-state index contributed by atoms with van der Waals surface area (Å²) >= 11 is 0. The highest BCUT2D eigenvalue weighted by atomic mass is 16.5. The molecule has 0 unspecified atom stereocenters. The lowest BCUT2D eigenvalue weighted by Gasteiger charge is -2.11. The van der Waals surface area contributed by atoms with Crippen molar-refractivity contribution in [1.82, 2.24) is 10.6 Å². The van der Waals surface area contributed by atoms with Gasteiger partial charge in [-0.2, -0.15) is 0 Å². The lowest BCUT2D eigenvalue weighted by atomic mass is 10.1. The van der Waals surface area contributed by atoms with Crippen molar-refractivity contribution in [2.75, 3.05) is 44.7 Å². The van der Waals surface area contributed by atoms with Crippen LogP contribution in [0.1, 0.15) is 31.2 Å². The molecule has 0 spiro atoms. The summed E-state index contributed by atoms with van der Waals surface area (Å²) in [5, 5.41) is 9.21. The first-order valence-electron chi connectivity index (χ1n) is 12.5. The molecule has 2 heterocycles. The molecule has 2 atom stereocenters. The second-order valence-corrected chi connectivity index (χ2v) is 9.07. The maximum Gasteiger partial charge on any atom is 0.238 e. The van der Waals surface area contributed by atoms with Crippen LogP contribution in [0.3, 0.4) is 0 Å². The molecule has 1 amide bonds. The molecule has 8 heteroatoms. The number of Topliss-reactive ketones (excluding diaryl/α,β-unsaturated/α-hetero) is 1. The van der Waals surface area contributed by atoms with Crippen LogP contribution in [0.5, 0.6) is 11.5 Å². The number of ether oxygens (including phenoxy) is 3. The summed E-state index contributed by atoms with van der Waals surface area (Å²) in [4.78, 5) is 24.3. The van der Waals surface area contributed by atoms with E-state index in [0.717, 1.165) is 51.0 Å². The fraction of sp³-hybridized carbons (Fsp3) is 0.481. The molecule has 0 radical (unpaired) electrons. The topological polar surface area (TPSA) is 97.9 Å². The third-order valence-corrected chi connectivity index (χ3v) is 6.10. The van der Waals surface area contributed by atoms with Crippen molar-refractivity contribution in [3.63, 3.8) is 0 Å². The molecule has 35 heavy (non-hydrogen) atoms. The Kier molecular flexibility index (Phi) is 9.65. The number of benzene rings is 2. The van der Waals surface area contributed by atoms with Gasteiger partial charge in [0.1, 0.15) is 11.5 Å². The van der Waals surface area contributed by atoms with Crippen LogP contribution in [0.25, 0.3) is 0 Å². The maximum atomic E-state index is 12.2. The van der Waals surface area contributed by atoms with E-state index in [4.69, 9.17) is 14.2 Å². The van der Waals surface area contributed by atoms with Gasteiger partial charge in [0.05, 0.1) is 25.3 Å². The molecule has 0 aromatic heterocycles. The molecule has 2 aromatic carbocycles. The van der Waals surface area contributed by atoms with E-state index in [1.165, 1.54) is 0 Å². The number of amides is 1. The lowest BCUT2D eigenvalue weighted by molar-refractivity contribution is -0.118. The number of carbonyl (C=O) groups is 2. The van der Waals surface area contributed by atoms with E-state index in [9.17, 15) is 9.59 Å². The highest BCUT2D eigenvalue weighted by Gasteiger charge is 2.16. The first-order valence-corrected chi connectivity index (χ1v) is 12.5. The van der Waals surface area contributed by atoms with Gasteiger partial charge >= 0.3 is 0 Å². The third-order valence-electron chi connectivity index (χ3n) is 6.10. The number of hydrogen-bond acceptors (Lipinski definition) is 7. The summed E-state index contributed by atoms with van der Waals surface area (Å²) < 4.78 is 17.0. The van der Waals surface area contributed by atoms with Gasteiger partial charge in [0.25, 0.3) is 0 Å². The van der Waals surface area contributed by atoms with Gasteiger partial charge in [-0.15, -0.1) is 0 Å². The maximum absolute atomic E-state index is 12.2. The zero-order valence-electron chi connectivity index (χ0n) is 20.1. The Morgan fingerprint density at radius 1 is 0.800 bits per heavy atom. The Bertz CT molecular complexity index is 859. The van der Waals surface area contributed by atoms with Gasteiger partial charge in [-0.3, -0.25) is 9.59 Å².